The van der Waals surface area contributed by atoms with Gasteiger partial charge in [0.05, 0.1) is 11.6 Å². The summed E-state index contributed by atoms with van der Waals surface area (Å²) in [6, 6.07) is 1.82. The molecule has 16 heavy (non-hydrogen) atoms. The van der Waals surface area contributed by atoms with E-state index in [0.717, 1.165) is 12.2 Å². The van der Waals surface area contributed by atoms with Crippen LogP contribution in [0.1, 0.15) is 31.2 Å². The molecule has 0 radical (unpaired) electrons. The number of nitrogens with zero attached hydrogens (tertiary/aromatic N) is 1. The minimum atomic E-state index is 0.390. The Bertz CT molecular complexity index is 351. The van der Waals surface area contributed by atoms with Gasteiger partial charge in [0.15, 0.2) is 0 Å². The summed E-state index contributed by atoms with van der Waals surface area (Å²) in [5.41, 5.74) is 0.875. The third kappa shape index (κ3) is 3.02. The van der Waals surface area contributed by atoms with Crippen molar-refractivity contribution in [3.63, 3.8) is 0 Å². The number of alkyl halides is 1. The van der Waals surface area contributed by atoms with Crippen LogP contribution in [0.15, 0.2) is 12.3 Å². The SMILES string of the molecule is ClCc1cc(OCC2CCCC2)ncc1Cl. The Balaban J connectivity index is 1.93. The van der Waals surface area contributed by atoms with E-state index >= 15 is 0 Å². The summed E-state index contributed by atoms with van der Waals surface area (Å²) in [7, 11) is 0. The normalized spacial score (nSPS) is 16.6. The molecule has 88 valence electrons. The fourth-order valence-electron chi connectivity index (χ4n) is 2.02. The van der Waals surface area contributed by atoms with Crippen LogP contribution in [0.3, 0.4) is 0 Å². The summed E-state index contributed by atoms with van der Waals surface area (Å²) < 4.78 is 5.66. The lowest BCUT2D eigenvalue weighted by Gasteiger charge is -2.11. The molecule has 0 atom stereocenters. The largest absolute Gasteiger partial charge is 0.477 e. The minimum Gasteiger partial charge on any atom is -0.477 e. The van der Waals surface area contributed by atoms with Gasteiger partial charge in [0.1, 0.15) is 0 Å². The molecule has 0 bridgehead atoms. The average Bonchev–Trinajstić information content (AvgIpc) is 2.81. The third-order valence-corrected chi connectivity index (χ3v) is 3.62. The molecule has 1 aromatic rings. The second-order valence-electron chi connectivity index (χ2n) is 4.21. The molecule has 0 aromatic carbocycles. The highest BCUT2D eigenvalue weighted by atomic mass is 35.5. The van der Waals surface area contributed by atoms with Crippen LogP contribution in [0.25, 0.3) is 0 Å². The lowest BCUT2D eigenvalue weighted by molar-refractivity contribution is 0.243. The first-order valence-corrected chi connectivity index (χ1v) is 6.54. The van der Waals surface area contributed by atoms with Gasteiger partial charge >= 0.3 is 0 Å². The molecule has 0 spiro atoms. The van der Waals surface area contributed by atoms with Crippen LogP contribution in [-0.4, -0.2) is 11.6 Å². The Hall–Kier alpha value is -0.470. The highest BCUT2D eigenvalue weighted by Crippen LogP contribution is 2.26. The molecule has 1 aliphatic carbocycles. The van der Waals surface area contributed by atoms with E-state index < -0.39 is 0 Å². The van der Waals surface area contributed by atoms with E-state index in [1.54, 1.807) is 6.20 Å². The van der Waals surface area contributed by atoms with Crippen LogP contribution in [0.4, 0.5) is 0 Å². The Labute approximate surface area is 106 Å². The number of pyridine rings is 1. The molecule has 1 aromatic heterocycles. The summed E-state index contributed by atoms with van der Waals surface area (Å²) in [5, 5.41) is 0.600. The molecule has 1 saturated carbocycles. The highest BCUT2D eigenvalue weighted by molar-refractivity contribution is 6.32. The number of halogens is 2. The van der Waals surface area contributed by atoms with E-state index in [2.05, 4.69) is 4.98 Å². The van der Waals surface area contributed by atoms with Crippen molar-refractivity contribution >= 4 is 23.2 Å². The van der Waals surface area contributed by atoms with E-state index in [4.69, 9.17) is 27.9 Å². The maximum Gasteiger partial charge on any atom is 0.213 e. The number of rotatable bonds is 4. The fourth-order valence-corrected chi connectivity index (χ4v) is 2.48. The molecule has 0 amide bonds. The minimum absolute atomic E-state index is 0.390. The van der Waals surface area contributed by atoms with Gasteiger partial charge in [0.2, 0.25) is 5.88 Å². The molecule has 2 rings (SSSR count). The van der Waals surface area contributed by atoms with Crippen LogP contribution in [0, 0.1) is 5.92 Å². The molecule has 4 heteroatoms. The van der Waals surface area contributed by atoms with Gasteiger partial charge in [-0.05, 0) is 24.3 Å². The Kier molecular flexibility index (Phi) is 4.30. The molecule has 1 aliphatic rings. The molecule has 0 unspecified atom stereocenters. The van der Waals surface area contributed by atoms with E-state index in [1.807, 2.05) is 6.07 Å². The molecule has 1 fully saturated rings. The van der Waals surface area contributed by atoms with Crippen LogP contribution < -0.4 is 4.74 Å². The summed E-state index contributed by atoms with van der Waals surface area (Å²) in [6.45, 7) is 0.760. The van der Waals surface area contributed by atoms with Gasteiger partial charge in [0, 0.05) is 18.1 Å². The summed E-state index contributed by atoms with van der Waals surface area (Å²) in [6.07, 6.45) is 6.80. The van der Waals surface area contributed by atoms with Crippen molar-refractivity contribution in [3.05, 3.63) is 22.8 Å². The number of aromatic nitrogens is 1. The first-order chi connectivity index (χ1) is 7.79. The highest BCUT2D eigenvalue weighted by Gasteiger charge is 2.15. The molecule has 0 saturated heterocycles. The van der Waals surface area contributed by atoms with E-state index in [0.29, 0.717) is 22.7 Å². The lowest BCUT2D eigenvalue weighted by Crippen LogP contribution is -2.09. The second kappa shape index (κ2) is 5.74. The van der Waals surface area contributed by atoms with Gasteiger partial charge in [-0.3, -0.25) is 0 Å². The van der Waals surface area contributed by atoms with E-state index in [1.165, 1.54) is 25.7 Å². The van der Waals surface area contributed by atoms with Gasteiger partial charge in [0.25, 0.3) is 0 Å². The topological polar surface area (TPSA) is 22.1 Å². The average molecular weight is 260 g/mol. The van der Waals surface area contributed by atoms with Crippen molar-refractivity contribution < 1.29 is 4.74 Å². The summed E-state index contributed by atoms with van der Waals surface area (Å²) in [4.78, 5) is 4.14. The standard InChI is InChI=1S/C12H15Cl2NO/c13-6-10-5-12(15-7-11(10)14)16-8-9-3-1-2-4-9/h5,7,9H,1-4,6,8H2. The number of ether oxygens (including phenoxy) is 1. The van der Waals surface area contributed by atoms with Crippen LogP contribution in [-0.2, 0) is 5.88 Å². The maximum absolute atomic E-state index is 5.92. The van der Waals surface area contributed by atoms with Gasteiger partial charge < -0.3 is 4.74 Å². The van der Waals surface area contributed by atoms with Crippen LogP contribution in [0.2, 0.25) is 5.02 Å². The quantitative estimate of drug-likeness (QED) is 0.762. The fraction of sp³-hybridized carbons (Fsp3) is 0.583. The predicted molar refractivity (Wildman–Crippen MR) is 66.3 cm³/mol. The van der Waals surface area contributed by atoms with Gasteiger partial charge in [-0.1, -0.05) is 24.4 Å². The van der Waals surface area contributed by atoms with Gasteiger partial charge in [-0.15, -0.1) is 11.6 Å². The molecule has 0 aliphatic heterocycles. The van der Waals surface area contributed by atoms with Crippen molar-refractivity contribution in [2.45, 2.75) is 31.6 Å². The Morgan fingerprint density at radius 3 is 2.81 bits per heavy atom. The van der Waals surface area contributed by atoms with Crippen LogP contribution in [0.5, 0.6) is 5.88 Å². The van der Waals surface area contributed by atoms with E-state index in [-0.39, 0.29) is 0 Å². The lowest BCUT2D eigenvalue weighted by atomic mass is 10.1. The molecule has 1 heterocycles. The van der Waals surface area contributed by atoms with Crippen molar-refractivity contribution in [2.24, 2.45) is 5.92 Å². The smallest absolute Gasteiger partial charge is 0.213 e. The van der Waals surface area contributed by atoms with Gasteiger partial charge in [-0.25, -0.2) is 4.98 Å². The first kappa shape index (κ1) is 12.0. The first-order valence-electron chi connectivity index (χ1n) is 5.63. The molecule has 0 N–H and O–H groups in total. The zero-order valence-electron chi connectivity index (χ0n) is 9.09. The molecule has 2 nitrogen and oxygen atoms in total. The second-order valence-corrected chi connectivity index (χ2v) is 4.88. The zero-order chi connectivity index (χ0) is 11.4. The Morgan fingerprint density at radius 2 is 2.12 bits per heavy atom. The zero-order valence-corrected chi connectivity index (χ0v) is 10.6. The van der Waals surface area contributed by atoms with Gasteiger partial charge in [-0.2, -0.15) is 0 Å². The van der Waals surface area contributed by atoms with Crippen molar-refractivity contribution in [1.29, 1.82) is 0 Å². The summed E-state index contributed by atoms with van der Waals surface area (Å²) in [5.74, 6) is 1.71. The van der Waals surface area contributed by atoms with Crippen molar-refractivity contribution in [3.8, 4) is 5.88 Å². The third-order valence-electron chi connectivity index (χ3n) is 3.00. The maximum atomic E-state index is 5.92. The summed E-state index contributed by atoms with van der Waals surface area (Å²) >= 11 is 11.7. The monoisotopic (exact) mass is 259 g/mol. The Morgan fingerprint density at radius 1 is 1.38 bits per heavy atom. The van der Waals surface area contributed by atoms with E-state index in [9.17, 15) is 0 Å². The number of hydrogen-bond donors (Lipinski definition) is 0. The predicted octanol–water partition coefficient (Wildman–Crippen LogP) is 4.04. The van der Waals surface area contributed by atoms with Crippen molar-refractivity contribution in [1.82, 2.24) is 4.98 Å². The van der Waals surface area contributed by atoms with Crippen LogP contribution >= 0.6 is 23.2 Å². The van der Waals surface area contributed by atoms with Crippen molar-refractivity contribution in [2.75, 3.05) is 6.61 Å². The number of hydrogen-bond acceptors (Lipinski definition) is 2. The molecular formula is C12H15Cl2NO. The molecular weight excluding hydrogens is 245 g/mol.